The van der Waals surface area contributed by atoms with Gasteiger partial charge in [-0.05, 0) is 48.9 Å². The van der Waals surface area contributed by atoms with E-state index in [4.69, 9.17) is 21.2 Å². The number of aryl methyl sites for hydroxylation is 1. The van der Waals surface area contributed by atoms with Crippen molar-refractivity contribution < 1.29 is 24.4 Å². The first kappa shape index (κ1) is 24.2. The quantitative estimate of drug-likeness (QED) is 0.320. The number of halogens is 1. The molecule has 182 valence electrons. The lowest BCUT2D eigenvalue weighted by atomic mass is 9.82. The second kappa shape index (κ2) is 9.76. The monoisotopic (exact) mass is 488 g/mol. The summed E-state index contributed by atoms with van der Waals surface area (Å²) in [6.45, 7) is 6.49. The van der Waals surface area contributed by atoms with E-state index in [0.29, 0.717) is 22.7 Å². The molecule has 0 aliphatic carbocycles. The molecule has 3 atom stereocenters. The molecular weight excluding hydrogens is 460 g/mol. The standard InChI is InChI=1S/C24H29ClN4O5/c1-4-15(2)13-34-27-29(32)28-11-5-10-24(28,23(30)31)21-16(3)26-12-19-20(21)14-33-22(19)17-6-8-18(25)9-7-17/h6-9,12,15,22H,4-5,10-11,13-14H2,1-3H3,(H,30,31)/t15-,22-,24+/m0/s1. The van der Waals surface area contributed by atoms with Crippen LogP contribution >= 0.6 is 11.6 Å². The summed E-state index contributed by atoms with van der Waals surface area (Å²) in [4.78, 5) is 22.9. The van der Waals surface area contributed by atoms with Gasteiger partial charge in [0, 0.05) is 28.0 Å². The summed E-state index contributed by atoms with van der Waals surface area (Å²) in [6.07, 6.45) is 2.96. The second-order valence-electron chi connectivity index (χ2n) is 8.93. The van der Waals surface area contributed by atoms with Crippen LogP contribution < -0.4 is 0 Å². The predicted octanol–water partition coefficient (Wildman–Crippen LogP) is 4.89. The number of fused-ring (bicyclic) bond motifs is 1. The fourth-order valence-electron chi connectivity index (χ4n) is 4.76. The number of ether oxygens (including phenoxy) is 1. The smallest absolute Gasteiger partial charge is 0.340 e. The van der Waals surface area contributed by atoms with Gasteiger partial charge in [0.15, 0.2) is 0 Å². The van der Waals surface area contributed by atoms with Crippen molar-refractivity contribution in [2.45, 2.75) is 58.3 Å². The molecule has 2 aliphatic heterocycles. The Morgan fingerprint density at radius 2 is 2.21 bits per heavy atom. The maximum Gasteiger partial charge on any atom is 0.340 e. The number of aromatic nitrogens is 1. The SMILES string of the molecule is CC[C@H](C)CON=[N+]([O-])N1CCC[C@]1(C(=O)O)c1c(C)ncc2c1CO[C@H]2c1ccc(Cl)cc1. The van der Waals surface area contributed by atoms with Gasteiger partial charge in [-0.15, -0.1) is 5.01 Å². The summed E-state index contributed by atoms with van der Waals surface area (Å²) in [5.74, 6) is -0.901. The Morgan fingerprint density at radius 1 is 1.47 bits per heavy atom. The van der Waals surface area contributed by atoms with Crippen molar-refractivity contribution in [3.8, 4) is 0 Å². The molecule has 4 rings (SSSR count). The third-order valence-electron chi connectivity index (χ3n) is 6.77. The zero-order valence-electron chi connectivity index (χ0n) is 19.5. The average Bonchev–Trinajstić information content (AvgIpc) is 3.45. The Morgan fingerprint density at radius 3 is 2.88 bits per heavy atom. The number of rotatable bonds is 8. The molecule has 0 spiro atoms. The van der Waals surface area contributed by atoms with Gasteiger partial charge in [0.25, 0.3) is 0 Å². The fourth-order valence-corrected chi connectivity index (χ4v) is 4.88. The summed E-state index contributed by atoms with van der Waals surface area (Å²) in [7, 11) is 0. The molecule has 10 heteroatoms. The average molecular weight is 489 g/mol. The number of carboxylic acids is 1. The van der Waals surface area contributed by atoms with Gasteiger partial charge in [-0.1, -0.05) is 44.0 Å². The molecule has 0 amide bonds. The molecule has 34 heavy (non-hydrogen) atoms. The largest absolute Gasteiger partial charge is 0.569 e. The van der Waals surface area contributed by atoms with E-state index in [1.807, 2.05) is 26.0 Å². The van der Waals surface area contributed by atoms with Crippen LogP contribution in [-0.4, -0.2) is 39.2 Å². The molecule has 2 aromatic rings. The molecule has 0 unspecified atom stereocenters. The van der Waals surface area contributed by atoms with Crippen LogP contribution in [0.5, 0.6) is 0 Å². The first-order valence-corrected chi connectivity index (χ1v) is 11.8. The molecule has 2 aliphatic rings. The normalized spacial score (nSPS) is 23.1. The number of pyridine rings is 1. The van der Waals surface area contributed by atoms with Crippen LogP contribution in [0.1, 0.15) is 67.2 Å². The van der Waals surface area contributed by atoms with Gasteiger partial charge in [0.2, 0.25) is 10.8 Å². The minimum atomic E-state index is -1.62. The number of nitrogens with zero attached hydrogens (tertiary/aromatic N) is 4. The predicted molar refractivity (Wildman–Crippen MR) is 124 cm³/mol. The number of benzene rings is 1. The highest BCUT2D eigenvalue weighted by Gasteiger charge is 2.57. The Hall–Kier alpha value is -2.91. The molecule has 1 N–H and O–H groups in total. The van der Waals surface area contributed by atoms with Gasteiger partial charge in [-0.2, -0.15) is 0 Å². The lowest BCUT2D eigenvalue weighted by molar-refractivity contribution is -0.722. The number of aliphatic carboxylic acids is 1. The van der Waals surface area contributed by atoms with Gasteiger partial charge in [-0.3, -0.25) is 4.98 Å². The molecule has 0 radical (unpaired) electrons. The minimum Gasteiger partial charge on any atom is -0.569 e. The highest BCUT2D eigenvalue weighted by atomic mass is 35.5. The first-order valence-electron chi connectivity index (χ1n) is 11.5. The van der Waals surface area contributed by atoms with E-state index >= 15 is 0 Å². The van der Waals surface area contributed by atoms with Crippen LogP contribution in [0.15, 0.2) is 35.7 Å². The molecular formula is C24H29ClN4O5. The third kappa shape index (κ3) is 4.18. The second-order valence-corrected chi connectivity index (χ2v) is 9.37. The van der Waals surface area contributed by atoms with Crippen molar-refractivity contribution >= 4 is 17.6 Å². The van der Waals surface area contributed by atoms with Crippen LogP contribution in [0.2, 0.25) is 5.02 Å². The van der Waals surface area contributed by atoms with Gasteiger partial charge >= 0.3 is 5.97 Å². The summed E-state index contributed by atoms with van der Waals surface area (Å²) in [5.41, 5.74) is 1.85. The zero-order valence-corrected chi connectivity index (χ0v) is 20.3. The third-order valence-corrected chi connectivity index (χ3v) is 7.02. The van der Waals surface area contributed by atoms with E-state index in [0.717, 1.165) is 23.1 Å². The summed E-state index contributed by atoms with van der Waals surface area (Å²) in [5, 5.41) is 29.0. The number of hydrazine groups is 1. The molecule has 0 saturated carbocycles. The topological polar surface area (TPSA) is 110 Å². The number of carboxylic acid groups (broad SMARTS) is 1. The van der Waals surface area contributed by atoms with Crippen LogP contribution in [0.25, 0.3) is 0 Å². The van der Waals surface area contributed by atoms with E-state index in [2.05, 4.69) is 10.3 Å². The Labute approximate surface area is 203 Å². The van der Waals surface area contributed by atoms with Crippen LogP contribution in [0.3, 0.4) is 0 Å². The first-order chi connectivity index (χ1) is 16.3. The van der Waals surface area contributed by atoms with Crippen molar-refractivity contribution in [3.63, 3.8) is 0 Å². The van der Waals surface area contributed by atoms with Gasteiger partial charge in [0.05, 0.1) is 18.1 Å². The molecule has 1 saturated heterocycles. The Kier molecular flexibility index (Phi) is 6.95. The summed E-state index contributed by atoms with van der Waals surface area (Å²) >= 11 is 6.03. The van der Waals surface area contributed by atoms with Crippen LogP contribution in [-0.2, 0) is 26.5 Å². The lowest BCUT2D eigenvalue weighted by Crippen LogP contribution is -2.51. The number of hydrogen-bond donors (Lipinski definition) is 1. The van der Waals surface area contributed by atoms with Crippen molar-refractivity contribution in [1.29, 1.82) is 0 Å². The van der Waals surface area contributed by atoms with Crippen LogP contribution in [0, 0.1) is 18.0 Å². The van der Waals surface area contributed by atoms with Gasteiger partial charge in [-0.25, -0.2) is 4.79 Å². The van der Waals surface area contributed by atoms with E-state index in [1.165, 1.54) is 5.01 Å². The Balaban J connectivity index is 1.76. The molecule has 3 heterocycles. The number of carbonyl (C=O) groups is 1. The highest BCUT2D eigenvalue weighted by Crippen LogP contribution is 2.47. The van der Waals surface area contributed by atoms with E-state index in [1.54, 1.807) is 25.3 Å². The molecule has 1 aromatic heterocycles. The maximum absolute atomic E-state index is 13.0. The van der Waals surface area contributed by atoms with Crippen molar-refractivity contribution in [1.82, 2.24) is 9.99 Å². The zero-order chi connectivity index (χ0) is 24.5. The maximum atomic E-state index is 13.0. The van der Waals surface area contributed by atoms with Crippen molar-refractivity contribution in [2.24, 2.45) is 11.2 Å². The van der Waals surface area contributed by atoms with E-state index in [9.17, 15) is 15.1 Å². The lowest BCUT2D eigenvalue weighted by Gasteiger charge is -2.32. The van der Waals surface area contributed by atoms with Crippen molar-refractivity contribution in [2.75, 3.05) is 13.2 Å². The van der Waals surface area contributed by atoms with Crippen molar-refractivity contribution in [3.05, 3.63) is 68.6 Å². The minimum absolute atomic E-state index is 0.213. The van der Waals surface area contributed by atoms with Crippen LogP contribution in [0.4, 0.5) is 0 Å². The molecule has 0 bridgehead atoms. The number of hydrogen-bond acceptors (Lipinski definition) is 6. The van der Waals surface area contributed by atoms with E-state index in [-0.39, 0.29) is 37.1 Å². The highest BCUT2D eigenvalue weighted by molar-refractivity contribution is 6.30. The van der Waals surface area contributed by atoms with Gasteiger partial charge in [0.1, 0.15) is 12.7 Å². The molecule has 1 fully saturated rings. The summed E-state index contributed by atoms with van der Waals surface area (Å²) in [6, 6.07) is 7.33. The summed E-state index contributed by atoms with van der Waals surface area (Å²) < 4.78 is 6.09. The molecule has 9 nitrogen and oxygen atoms in total. The van der Waals surface area contributed by atoms with E-state index < -0.39 is 17.6 Å². The van der Waals surface area contributed by atoms with Gasteiger partial charge < -0.3 is 19.9 Å². The fraction of sp³-hybridized carbons (Fsp3) is 0.500. The molecule has 1 aromatic carbocycles. The Bertz CT molecular complexity index is 1090.